The zero-order valence-corrected chi connectivity index (χ0v) is 17.3. The van der Waals surface area contributed by atoms with Crippen molar-refractivity contribution in [3.8, 4) is 5.69 Å². The predicted molar refractivity (Wildman–Crippen MR) is 113 cm³/mol. The van der Waals surface area contributed by atoms with Crippen LogP contribution in [-0.4, -0.2) is 33.2 Å². The smallest absolute Gasteiger partial charge is 0.359 e. The van der Waals surface area contributed by atoms with Crippen LogP contribution < -0.4 is 5.32 Å². The lowest BCUT2D eigenvalue weighted by Gasteiger charge is -2.08. The zero-order chi connectivity index (χ0) is 22.8. The number of non-ortho nitro benzene ring substituents is 1. The predicted octanol–water partition coefficient (Wildman–Crippen LogP) is 3.86. The molecular weight excluding hydrogens is 443 g/mol. The normalized spacial score (nSPS) is 12.3. The number of nitrogens with one attached hydrogen (secondary N) is 1. The molecule has 32 heavy (non-hydrogen) atoms. The molecule has 9 nitrogen and oxygen atoms in total. The van der Waals surface area contributed by atoms with Crippen LogP contribution in [0.15, 0.2) is 42.5 Å². The molecule has 0 radical (unpaired) electrons. The number of benzene rings is 2. The second-order valence-corrected chi connectivity index (χ2v) is 7.47. The Hall–Kier alpha value is -3.79. The van der Waals surface area contributed by atoms with E-state index in [4.69, 9.17) is 16.3 Å². The van der Waals surface area contributed by atoms with E-state index >= 15 is 0 Å². The van der Waals surface area contributed by atoms with Crippen LogP contribution in [0.3, 0.4) is 0 Å². The van der Waals surface area contributed by atoms with E-state index in [9.17, 15) is 24.1 Å². The average molecular weight is 459 g/mol. The monoisotopic (exact) mass is 458 g/mol. The fourth-order valence-corrected chi connectivity index (χ4v) is 3.72. The van der Waals surface area contributed by atoms with E-state index in [0.717, 1.165) is 23.7 Å². The Morgan fingerprint density at radius 3 is 2.66 bits per heavy atom. The van der Waals surface area contributed by atoms with Crippen LogP contribution in [-0.2, 0) is 22.4 Å². The molecule has 0 saturated heterocycles. The third-order valence-corrected chi connectivity index (χ3v) is 5.28. The van der Waals surface area contributed by atoms with Gasteiger partial charge in [0.2, 0.25) is 0 Å². The Labute approximate surface area is 185 Å². The van der Waals surface area contributed by atoms with Gasteiger partial charge in [-0.2, -0.15) is 5.10 Å². The molecule has 0 bridgehead atoms. The second kappa shape index (κ2) is 8.75. The van der Waals surface area contributed by atoms with Gasteiger partial charge in [0.1, 0.15) is 5.82 Å². The summed E-state index contributed by atoms with van der Waals surface area (Å²) >= 11 is 5.95. The van der Waals surface area contributed by atoms with Crippen LogP contribution in [0.25, 0.3) is 5.69 Å². The third-order valence-electron chi connectivity index (χ3n) is 4.97. The Morgan fingerprint density at radius 2 is 1.97 bits per heavy atom. The van der Waals surface area contributed by atoms with Crippen LogP contribution in [0.5, 0.6) is 0 Å². The molecular formula is C21H16ClFN4O5. The summed E-state index contributed by atoms with van der Waals surface area (Å²) < 4.78 is 20.0. The minimum absolute atomic E-state index is 0.0188. The molecule has 0 fully saturated rings. The summed E-state index contributed by atoms with van der Waals surface area (Å²) in [4.78, 5) is 34.9. The summed E-state index contributed by atoms with van der Waals surface area (Å²) in [5, 5.41) is 17.5. The largest absolute Gasteiger partial charge is 0.451 e. The van der Waals surface area contributed by atoms with Gasteiger partial charge in [-0.3, -0.25) is 14.9 Å². The van der Waals surface area contributed by atoms with Crippen LogP contribution >= 0.6 is 11.6 Å². The fraction of sp³-hybridized carbons (Fsp3) is 0.190. The van der Waals surface area contributed by atoms with Gasteiger partial charge < -0.3 is 10.1 Å². The first kappa shape index (κ1) is 21.4. The molecule has 1 aromatic heterocycles. The Morgan fingerprint density at radius 1 is 1.22 bits per heavy atom. The maximum Gasteiger partial charge on any atom is 0.359 e. The maximum atomic E-state index is 13.2. The number of anilines is 1. The average Bonchev–Trinajstić information content (AvgIpc) is 3.37. The van der Waals surface area contributed by atoms with E-state index in [0.29, 0.717) is 18.5 Å². The highest BCUT2D eigenvalue weighted by atomic mass is 35.5. The molecule has 1 aliphatic rings. The van der Waals surface area contributed by atoms with Crippen molar-refractivity contribution in [3.05, 3.63) is 80.4 Å². The van der Waals surface area contributed by atoms with E-state index in [1.54, 1.807) is 16.8 Å². The molecule has 1 heterocycles. The van der Waals surface area contributed by atoms with E-state index in [1.807, 2.05) is 0 Å². The highest BCUT2D eigenvalue weighted by molar-refractivity contribution is 6.34. The lowest BCUT2D eigenvalue weighted by Crippen LogP contribution is -2.21. The molecule has 1 amide bonds. The lowest BCUT2D eigenvalue weighted by atomic mass is 10.2. The van der Waals surface area contributed by atoms with Gasteiger partial charge in [0.25, 0.3) is 11.6 Å². The van der Waals surface area contributed by atoms with Gasteiger partial charge >= 0.3 is 5.97 Å². The number of carbonyl (C=O) groups is 2. The number of fused-ring (bicyclic) bond motifs is 1. The maximum absolute atomic E-state index is 13.2. The summed E-state index contributed by atoms with van der Waals surface area (Å²) in [5.41, 5.74) is 2.27. The fourth-order valence-electron chi connectivity index (χ4n) is 3.50. The molecule has 4 rings (SSSR count). The van der Waals surface area contributed by atoms with Crippen molar-refractivity contribution < 1.29 is 23.6 Å². The SMILES string of the molecule is O=C(COC(=O)c1nn(-c2ccc(F)cc2)c2c1CCC2)Nc1ccc([N+](=O)[O-])cc1Cl. The lowest BCUT2D eigenvalue weighted by molar-refractivity contribution is -0.384. The van der Waals surface area contributed by atoms with Crippen molar-refractivity contribution >= 4 is 34.9 Å². The third kappa shape index (κ3) is 4.30. The number of hydrogen-bond donors (Lipinski definition) is 1. The number of nitrogens with zero attached hydrogens (tertiary/aromatic N) is 3. The number of ether oxygens (including phenoxy) is 1. The quantitative estimate of drug-likeness (QED) is 0.340. The van der Waals surface area contributed by atoms with Crippen molar-refractivity contribution in [2.24, 2.45) is 0 Å². The van der Waals surface area contributed by atoms with Gasteiger partial charge in [-0.15, -0.1) is 0 Å². The number of rotatable bonds is 6. The summed E-state index contributed by atoms with van der Waals surface area (Å²) in [6, 6.07) is 9.34. The zero-order valence-electron chi connectivity index (χ0n) is 16.5. The number of nitro benzene ring substituents is 1. The molecule has 0 aliphatic heterocycles. The minimum Gasteiger partial charge on any atom is -0.451 e. The highest BCUT2D eigenvalue weighted by Gasteiger charge is 2.28. The van der Waals surface area contributed by atoms with Gasteiger partial charge in [0.15, 0.2) is 12.3 Å². The summed E-state index contributed by atoms with van der Waals surface area (Å²) in [5.74, 6) is -1.80. The highest BCUT2D eigenvalue weighted by Crippen LogP contribution is 2.29. The van der Waals surface area contributed by atoms with Gasteiger partial charge in [-0.05, 0) is 49.6 Å². The van der Waals surface area contributed by atoms with Crippen molar-refractivity contribution in [2.75, 3.05) is 11.9 Å². The first-order valence-corrected chi connectivity index (χ1v) is 9.99. The Kier molecular flexibility index (Phi) is 5.87. The van der Waals surface area contributed by atoms with Gasteiger partial charge in [-0.1, -0.05) is 11.6 Å². The van der Waals surface area contributed by atoms with Crippen LogP contribution in [0.4, 0.5) is 15.8 Å². The molecule has 0 spiro atoms. The molecule has 2 aromatic carbocycles. The number of halogens is 2. The Bertz CT molecular complexity index is 1230. The summed E-state index contributed by atoms with van der Waals surface area (Å²) in [6.07, 6.45) is 2.20. The number of nitro groups is 1. The van der Waals surface area contributed by atoms with Crippen LogP contribution in [0, 0.1) is 15.9 Å². The second-order valence-electron chi connectivity index (χ2n) is 7.06. The number of aromatic nitrogens is 2. The van der Waals surface area contributed by atoms with E-state index < -0.39 is 23.4 Å². The standard InChI is InChI=1S/C21H16ClFN4O5/c22-16-10-14(27(30)31)8-9-17(16)24-19(28)11-32-21(29)20-15-2-1-3-18(15)26(25-20)13-6-4-12(23)5-7-13/h4-10H,1-3,11H2,(H,24,28). The molecule has 1 aliphatic carbocycles. The molecule has 11 heteroatoms. The number of esters is 1. The van der Waals surface area contributed by atoms with E-state index in [-0.39, 0.29) is 27.9 Å². The van der Waals surface area contributed by atoms with Crippen LogP contribution in [0.2, 0.25) is 5.02 Å². The molecule has 0 unspecified atom stereocenters. The summed E-state index contributed by atoms with van der Waals surface area (Å²) in [7, 11) is 0. The van der Waals surface area contributed by atoms with Crippen molar-refractivity contribution in [1.82, 2.24) is 9.78 Å². The van der Waals surface area contributed by atoms with Crippen molar-refractivity contribution in [2.45, 2.75) is 19.3 Å². The van der Waals surface area contributed by atoms with Gasteiger partial charge in [-0.25, -0.2) is 13.9 Å². The minimum atomic E-state index is -0.756. The first-order chi connectivity index (χ1) is 15.3. The molecule has 0 saturated carbocycles. The summed E-state index contributed by atoms with van der Waals surface area (Å²) in [6.45, 7) is -0.593. The molecule has 0 atom stereocenters. The molecule has 1 N–H and O–H groups in total. The van der Waals surface area contributed by atoms with Crippen molar-refractivity contribution in [1.29, 1.82) is 0 Å². The van der Waals surface area contributed by atoms with Crippen molar-refractivity contribution in [3.63, 3.8) is 0 Å². The van der Waals surface area contributed by atoms with Gasteiger partial charge in [0.05, 0.1) is 21.3 Å². The molecule has 164 valence electrons. The number of amides is 1. The topological polar surface area (TPSA) is 116 Å². The number of carbonyl (C=O) groups excluding carboxylic acids is 2. The van der Waals surface area contributed by atoms with E-state index in [1.165, 1.54) is 24.3 Å². The molecule has 3 aromatic rings. The van der Waals surface area contributed by atoms with Gasteiger partial charge in [0, 0.05) is 23.4 Å². The number of hydrogen-bond acceptors (Lipinski definition) is 6. The van der Waals surface area contributed by atoms with Crippen LogP contribution in [0.1, 0.15) is 28.2 Å². The Balaban J connectivity index is 1.44. The van der Waals surface area contributed by atoms with E-state index in [2.05, 4.69) is 10.4 Å². The first-order valence-electron chi connectivity index (χ1n) is 9.61.